The third-order valence-corrected chi connectivity index (χ3v) is 4.19. The second kappa shape index (κ2) is 8.64. The molecule has 4 nitrogen and oxygen atoms in total. The molecule has 0 aliphatic rings. The number of benzene rings is 3. The van der Waals surface area contributed by atoms with Gasteiger partial charge < -0.3 is 10.2 Å². The highest BCUT2D eigenvalue weighted by Crippen LogP contribution is 2.14. The monoisotopic (exact) mass is 370 g/mol. The summed E-state index contributed by atoms with van der Waals surface area (Å²) in [5, 5.41) is 17.8. The molecule has 0 heterocycles. The third-order valence-electron chi connectivity index (χ3n) is 4.19. The van der Waals surface area contributed by atoms with E-state index in [1.165, 1.54) is 0 Å². The fourth-order valence-corrected chi connectivity index (χ4v) is 2.58. The predicted molar refractivity (Wildman–Crippen MR) is 111 cm³/mol. The average molecular weight is 370 g/mol. The van der Waals surface area contributed by atoms with Gasteiger partial charge in [0.1, 0.15) is 0 Å². The fraction of sp³-hybridized carbons (Fsp3) is 0. The maximum Gasteiger partial charge on any atom is 0.335 e. The Morgan fingerprint density at radius 1 is 0.464 bits per heavy atom. The summed E-state index contributed by atoms with van der Waals surface area (Å²) in [5.74, 6) is -1.87. The third kappa shape index (κ3) is 5.05. The van der Waals surface area contributed by atoms with E-state index in [4.69, 9.17) is 10.2 Å². The molecule has 0 saturated carbocycles. The van der Waals surface area contributed by atoms with Gasteiger partial charge in [0.2, 0.25) is 0 Å². The standard InChI is InChI=1S/C24H18O4/c25-23(26)21-13-9-19(10-14-21)7-5-17-1-2-18(4-3-17)6-8-20-11-15-22(16-12-20)24(27)28/h1-16H,(H,25,26)(H,27,28). The van der Waals surface area contributed by atoms with Crippen molar-refractivity contribution in [2.75, 3.05) is 0 Å². The van der Waals surface area contributed by atoms with E-state index in [0.29, 0.717) is 0 Å². The molecule has 0 fully saturated rings. The van der Waals surface area contributed by atoms with Crippen LogP contribution in [0.4, 0.5) is 0 Å². The van der Waals surface area contributed by atoms with Gasteiger partial charge in [0.15, 0.2) is 0 Å². The van der Waals surface area contributed by atoms with Crippen molar-refractivity contribution < 1.29 is 19.8 Å². The zero-order valence-corrected chi connectivity index (χ0v) is 14.9. The van der Waals surface area contributed by atoms with Crippen LogP contribution in [0, 0.1) is 0 Å². The molecule has 3 rings (SSSR count). The molecule has 0 aliphatic carbocycles. The molecular formula is C24H18O4. The Labute approximate surface area is 162 Å². The Hall–Kier alpha value is -3.92. The van der Waals surface area contributed by atoms with Crippen molar-refractivity contribution in [3.05, 3.63) is 106 Å². The molecule has 0 radical (unpaired) electrons. The molecule has 28 heavy (non-hydrogen) atoms. The topological polar surface area (TPSA) is 74.6 Å². The molecule has 4 heteroatoms. The summed E-state index contributed by atoms with van der Waals surface area (Å²) >= 11 is 0. The molecule has 0 aliphatic heterocycles. The van der Waals surface area contributed by atoms with Gasteiger partial charge in [-0.25, -0.2) is 9.59 Å². The highest BCUT2D eigenvalue weighted by atomic mass is 16.4. The zero-order chi connectivity index (χ0) is 19.9. The van der Waals surface area contributed by atoms with Crippen LogP contribution in [0.25, 0.3) is 24.3 Å². The summed E-state index contributed by atoms with van der Waals surface area (Å²) in [6, 6.07) is 21.4. The van der Waals surface area contributed by atoms with E-state index in [-0.39, 0.29) is 11.1 Å². The first-order chi connectivity index (χ1) is 13.5. The minimum atomic E-state index is -0.933. The van der Waals surface area contributed by atoms with E-state index < -0.39 is 11.9 Å². The molecule has 0 unspecified atom stereocenters. The highest BCUT2D eigenvalue weighted by molar-refractivity contribution is 5.88. The van der Waals surface area contributed by atoms with Crippen LogP contribution in [0.5, 0.6) is 0 Å². The lowest BCUT2D eigenvalue weighted by Crippen LogP contribution is -1.94. The molecule has 0 atom stereocenters. The first-order valence-electron chi connectivity index (χ1n) is 8.64. The van der Waals surface area contributed by atoms with Crippen LogP contribution in [0.15, 0.2) is 72.8 Å². The Bertz CT molecular complexity index is 939. The average Bonchev–Trinajstić information content (AvgIpc) is 2.72. The van der Waals surface area contributed by atoms with E-state index in [1.54, 1.807) is 48.5 Å². The van der Waals surface area contributed by atoms with Crippen molar-refractivity contribution in [1.82, 2.24) is 0 Å². The number of carboxylic acids is 2. The Morgan fingerprint density at radius 2 is 0.679 bits per heavy atom. The number of aromatic carboxylic acids is 2. The van der Waals surface area contributed by atoms with Crippen molar-refractivity contribution >= 4 is 36.2 Å². The number of hydrogen-bond donors (Lipinski definition) is 2. The van der Waals surface area contributed by atoms with Gasteiger partial charge >= 0.3 is 11.9 Å². The SMILES string of the molecule is O=C(O)c1ccc(C=Cc2ccc(C=Cc3ccc(C(=O)O)cc3)cc2)cc1. The number of rotatable bonds is 6. The van der Waals surface area contributed by atoms with Crippen LogP contribution in [0.3, 0.4) is 0 Å². The van der Waals surface area contributed by atoms with E-state index in [9.17, 15) is 9.59 Å². The second-order valence-electron chi connectivity index (χ2n) is 6.19. The van der Waals surface area contributed by atoms with Gasteiger partial charge in [-0.05, 0) is 46.5 Å². The van der Waals surface area contributed by atoms with Gasteiger partial charge in [0, 0.05) is 0 Å². The van der Waals surface area contributed by atoms with Crippen LogP contribution in [-0.4, -0.2) is 22.2 Å². The lowest BCUT2D eigenvalue weighted by atomic mass is 10.1. The zero-order valence-electron chi connectivity index (χ0n) is 14.9. The molecule has 0 aromatic heterocycles. The Kier molecular flexibility index (Phi) is 5.82. The first-order valence-corrected chi connectivity index (χ1v) is 8.64. The largest absolute Gasteiger partial charge is 0.478 e. The molecule has 0 saturated heterocycles. The second-order valence-corrected chi connectivity index (χ2v) is 6.19. The maximum atomic E-state index is 10.9. The van der Waals surface area contributed by atoms with Crippen LogP contribution in [0.2, 0.25) is 0 Å². The minimum absolute atomic E-state index is 0.269. The summed E-state index contributed by atoms with van der Waals surface area (Å²) < 4.78 is 0. The summed E-state index contributed by atoms with van der Waals surface area (Å²) in [4.78, 5) is 21.7. The lowest BCUT2D eigenvalue weighted by molar-refractivity contribution is 0.0686. The van der Waals surface area contributed by atoms with Crippen LogP contribution < -0.4 is 0 Å². The molecular weight excluding hydrogens is 352 g/mol. The van der Waals surface area contributed by atoms with Crippen LogP contribution in [-0.2, 0) is 0 Å². The highest BCUT2D eigenvalue weighted by Gasteiger charge is 2.01. The molecule has 2 N–H and O–H groups in total. The minimum Gasteiger partial charge on any atom is -0.478 e. The lowest BCUT2D eigenvalue weighted by Gasteiger charge is -1.99. The number of carboxylic acid groups (broad SMARTS) is 2. The van der Waals surface area contributed by atoms with Gasteiger partial charge in [-0.3, -0.25) is 0 Å². The predicted octanol–water partition coefficient (Wildman–Crippen LogP) is 5.42. The summed E-state index contributed by atoms with van der Waals surface area (Å²) in [5.41, 5.74) is 4.46. The van der Waals surface area contributed by atoms with Crippen LogP contribution in [0.1, 0.15) is 43.0 Å². The van der Waals surface area contributed by atoms with Gasteiger partial charge in [0.05, 0.1) is 11.1 Å². The molecule has 3 aromatic rings. The van der Waals surface area contributed by atoms with Gasteiger partial charge in [-0.1, -0.05) is 72.8 Å². The van der Waals surface area contributed by atoms with Gasteiger partial charge in [-0.15, -0.1) is 0 Å². The van der Waals surface area contributed by atoms with Crippen LogP contribution >= 0.6 is 0 Å². The van der Waals surface area contributed by atoms with Crippen molar-refractivity contribution in [1.29, 1.82) is 0 Å². The molecule has 138 valence electrons. The van der Waals surface area contributed by atoms with Crippen molar-refractivity contribution in [3.63, 3.8) is 0 Å². The Balaban J connectivity index is 1.64. The summed E-state index contributed by atoms with van der Waals surface area (Å²) in [6.07, 6.45) is 7.79. The Morgan fingerprint density at radius 3 is 0.893 bits per heavy atom. The maximum absolute atomic E-state index is 10.9. The normalized spacial score (nSPS) is 11.1. The molecule has 0 spiro atoms. The summed E-state index contributed by atoms with van der Waals surface area (Å²) in [6.45, 7) is 0. The smallest absolute Gasteiger partial charge is 0.335 e. The van der Waals surface area contributed by atoms with Gasteiger partial charge in [0.25, 0.3) is 0 Å². The van der Waals surface area contributed by atoms with Gasteiger partial charge in [-0.2, -0.15) is 0 Å². The molecule has 3 aromatic carbocycles. The van der Waals surface area contributed by atoms with E-state index in [0.717, 1.165) is 22.3 Å². The quantitative estimate of drug-likeness (QED) is 0.568. The van der Waals surface area contributed by atoms with Crippen molar-refractivity contribution in [3.8, 4) is 0 Å². The number of hydrogen-bond acceptors (Lipinski definition) is 2. The van der Waals surface area contributed by atoms with E-state index in [2.05, 4.69) is 0 Å². The fourth-order valence-electron chi connectivity index (χ4n) is 2.58. The van der Waals surface area contributed by atoms with E-state index >= 15 is 0 Å². The van der Waals surface area contributed by atoms with E-state index in [1.807, 2.05) is 48.6 Å². The number of carbonyl (C=O) groups is 2. The first kappa shape index (κ1) is 18.9. The molecule has 0 amide bonds. The summed E-state index contributed by atoms with van der Waals surface area (Å²) in [7, 11) is 0. The molecule has 0 bridgehead atoms. The van der Waals surface area contributed by atoms with Crippen molar-refractivity contribution in [2.45, 2.75) is 0 Å². The van der Waals surface area contributed by atoms with Crippen molar-refractivity contribution in [2.24, 2.45) is 0 Å².